The quantitative estimate of drug-likeness (QED) is 0.409. The van der Waals surface area contributed by atoms with Crippen molar-refractivity contribution in [1.29, 1.82) is 0 Å². The molecule has 1 fully saturated rings. The van der Waals surface area contributed by atoms with E-state index in [1.807, 2.05) is 6.07 Å². The van der Waals surface area contributed by atoms with Crippen molar-refractivity contribution in [2.24, 2.45) is 17.6 Å². The van der Waals surface area contributed by atoms with Gasteiger partial charge in [-0.1, -0.05) is 13.8 Å². The third-order valence-electron chi connectivity index (χ3n) is 7.30. The summed E-state index contributed by atoms with van der Waals surface area (Å²) in [4.78, 5) is 14.7. The first-order valence-electron chi connectivity index (χ1n) is 12.7. The van der Waals surface area contributed by atoms with E-state index in [0.29, 0.717) is 30.5 Å². The van der Waals surface area contributed by atoms with Crippen LogP contribution in [0.25, 0.3) is 10.4 Å². The average Bonchev–Trinajstić information content (AvgIpc) is 3.48. The van der Waals surface area contributed by atoms with Crippen LogP contribution in [0.15, 0.2) is 24.3 Å². The van der Waals surface area contributed by atoms with Gasteiger partial charge in [0.2, 0.25) is 10.0 Å². The number of carbonyl (C=O) groups excluding carboxylic acids is 1. The summed E-state index contributed by atoms with van der Waals surface area (Å²) in [6.45, 7) is 9.88. The fourth-order valence-corrected chi connectivity index (χ4v) is 7.30. The molecule has 2 aliphatic rings. The third kappa shape index (κ3) is 5.90. The highest BCUT2D eigenvalue weighted by molar-refractivity contribution is 7.89. The van der Waals surface area contributed by atoms with Crippen molar-refractivity contribution in [2.75, 3.05) is 37.2 Å². The maximum absolute atomic E-state index is 12.4. The molecule has 192 valence electrons. The van der Waals surface area contributed by atoms with E-state index < -0.39 is 15.9 Å². The summed E-state index contributed by atoms with van der Waals surface area (Å²) in [6.07, 6.45) is 2.81. The molecule has 0 radical (unpaired) electrons. The van der Waals surface area contributed by atoms with Gasteiger partial charge in [0.15, 0.2) is 0 Å². The minimum atomic E-state index is -3.15. The van der Waals surface area contributed by atoms with Crippen LogP contribution in [0, 0.1) is 11.8 Å². The van der Waals surface area contributed by atoms with Crippen LogP contribution in [-0.2, 0) is 16.6 Å². The minimum absolute atomic E-state index is 0.146. The Bertz CT molecular complexity index is 1150. The van der Waals surface area contributed by atoms with Gasteiger partial charge in [-0.3, -0.25) is 4.79 Å². The normalized spacial score (nSPS) is 19.1. The first-order chi connectivity index (χ1) is 16.7. The highest BCUT2D eigenvalue weighted by Gasteiger charge is 2.36. The van der Waals surface area contributed by atoms with Crippen molar-refractivity contribution >= 4 is 33.0 Å². The molecule has 1 unspecified atom stereocenters. The molecule has 0 aliphatic carbocycles. The van der Waals surface area contributed by atoms with Gasteiger partial charge in [-0.15, -0.1) is 11.3 Å². The average molecular weight is 519 g/mol. The topological polar surface area (TPSA) is 105 Å². The molecule has 9 heteroatoms. The van der Waals surface area contributed by atoms with Crippen LogP contribution < -0.4 is 16.4 Å². The molecule has 1 amide bonds. The van der Waals surface area contributed by atoms with Gasteiger partial charge >= 0.3 is 0 Å². The number of fused-ring (bicyclic) bond motifs is 1. The number of nitrogens with one attached hydrogen (secondary N) is 2. The monoisotopic (exact) mass is 518 g/mol. The summed E-state index contributed by atoms with van der Waals surface area (Å²) >= 11 is 1.74. The summed E-state index contributed by atoms with van der Waals surface area (Å²) in [5.41, 5.74) is 9.34. The van der Waals surface area contributed by atoms with E-state index in [1.165, 1.54) is 4.88 Å². The Kier molecular flexibility index (Phi) is 8.20. The number of piperidine rings is 1. The Hall–Kier alpha value is -1.94. The van der Waals surface area contributed by atoms with Crippen molar-refractivity contribution in [3.63, 3.8) is 0 Å². The van der Waals surface area contributed by atoms with Gasteiger partial charge in [0.05, 0.1) is 17.0 Å². The van der Waals surface area contributed by atoms with Gasteiger partial charge in [0.1, 0.15) is 0 Å². The van der Waals surface area contributed by atoms with E-state index in [2.05, 4.69) is 42.7 Å². The number of nitrogens with two attached hydrogens (primary N) is 1. The van der Waals surface area contributed by atoms with Crippen molar-refractivity contribution < 1.29 is 13.2 Å². The summed E-state index contributed by atoms with van der Waals surface area (Å²) < 4.78 is 26.2. The maximum Gasteiger partial charge on any atom is 0.250 e. The number of hydrogen-bond donors (Lipinski definition) is 3. The molecule has 0 bridgehead atoms. The van der Waals surface area contributed by atoms with E-state index in [0.717, 1.165) is 60.6 Å². The van der Waals surface area contributed by atoms with Crippen LogP contribution in [0.2, 0.25) is 0 Å². The molecule has 1 saturated heterocycles. The Morgan fingerprint density at radius 2 is 2.00 bits per heavy atom. The Morgan fingerprint density at radius 1 is 1.26 bits per heavy atom. The van der Waals surface area contributed by atoms with Crippen LogP contribution in [0.1, 0.15) is 66.8 Å². The molecular formula is C26H38N4O3S2. The molecule has 1 atom stereocenters. The van der Waals surface area contributed by atoms with E-state index in [4.69, 9.17) is 5.73 Å². The second-order valence-electron chi connectivity index (χ2n) is 10.1. The predicted molar refractivity (Wildman–Crippen MR) is 144 cm³/mol. The molecule has 7 nitrogen and oxygen atoms in total. The Morgan fingerprint density at radius 3 is 2.66 bits per heavy atom. The molecular weight excluding hydrogens is 480 g/mol. The first-order valence-corrected chi connectivity index (χ1v) is 15.1. The summed E-state index contributed by atoms with van der Waals surface area (Å²) in [6, 6.07) is 8.40. The molecule has 2 aromatic rings. The highest BCUT2D eigenvalue weighted by Crippen LogP contribution is 2.45. The van der Waals surface area contributed by atoms with Gasteiger partial charge in [-0.05, 0) is 80.0 Å². The number of hydrogen-bond acceptors (Lipinski definition) is 6. The number of carbonyl (C=O) groups is 1. The number of anilines is 1. The second-order valence-corrected chi connectivity index (χ2v) is 13.5. The smallest absolute Gasteiger partial charge is 0.250 e. The SMILES string of the molecule is CCS(=O)(=O)N1CCC(C2CNc3c(C(N)=O)cc(-c4ccc(CNCCC(C)C)s4)cc32)CC1. The Balaban J connectivity index is 1.53. The predicted octanol–water partition coefficient (Wildman–Crippen LogP) is 4.22. The second kappa shape index (κ2) is 11.0. The van der Waals surface area contributed by atoms with E-state index in [9.17, 15) is 13.2 Å². The number of thiophene rings is 1. The van der Waals surface area contributed by atoms with E-state index in [-0.39, 0.29) is 11.7 Å². The number of primary amides is 1. The Labute approximate surface area is 213 Å². The number of nitrogens with zero attached hydrogens (tertiary/aromatic N) is 1. The molecule has 3 heterocycles. The number of benzene rings is 1. The third-order valence-corrected chi connectivity index (χ3v) is 10.3. The minimum Gasteiger partial charge on any atom is -0.384 e. The summed E-state index contributed by atoms with van der Waals surface area (Å²) in [5.74, 6) is 1.02. The van der Waals surface area contributed by atoms with E-state index in [1.54, 1.807) is 22.6 Å². The van der Waals surface area contributed by atoms with Crippen LogP contribution in [-0.4, -0.2) is 50.6 Å². The molecule has 35 heavy (non-hydrogen) atoms. The van der Waals surface area contributed by atoms with Gasteiger partial charge in [-0.2, -0.15) is 0 Å². The summed E-state index contributed by atoms with van der Waals surface area (Å²) in [7, 11) is -3.15. The number of sulfonamides is 1. The fraction of sp³-hybridized carbons (Fsp3) is 0.577. The van der Waals surface area contributed by atoms with Crippen LogP contribution >= 0.6 is 11.3 Å². The standard InChI is InChI=1S/C26H38N4O3S2/c1-4-35(32,33)30-11-8-18(9-12-30)23-16-29-25-21(23)13-19(14-22(25)26(27)31)24-6-5-20(34-24)15-28-10-7-17(2)3/h5-6,13-14,17-18,23,28-29H,4,7-12,15-16H2,1-3H3,(H2,27,31). The van der Waals surface area contributed by atoms with E-state index >= 15 is 0 Å². The molecule has 1 aromatic heterocycles. The lowest BCUT2D eigenvalue weighted by molar-refractivity contribution is 0.100. The summed E-state index contributed by atoms with van der Waals surface area (Å²) in [5, 5.41) is 6.96. The molecule has 2 aliphatic heterocycles. The number of rotatable bonds is 10. The van der Waals surface area contributed by atoms with Crippen molar-refractivity contribution in [2.45, 2.75) is 52.5 Å². The van der Waals surface area contributed by atoms with Gasteiger partial charge in [0, 0.05) is 41.9 Å². The molecule has 4 rings (SSSR count). The lowest BCUT2D eigenvalue weighted by Gasteiger charge is -2.34. The molecule has 0 spiro atoms. The van der Waals surface area contributed by atoms with Crippen molar-refractivity contribution in [3.8, 4) is 10.4 Å². The largest absolute Gasteiger partial charge is 0.384 e. The zero-order chi connectivity index (χ0) is 25.2. The van der Waals surface area contributed by atoms with Gasteiger partial charge < -0.3 is 16.4 Å². The van der Waals surface area contributed by atoms with Crippen LogP contribution in [0.4, 0.5) is 5.69 Å². The zero-order valence-corrected chi connectivity index (χ0v) is 22.6. The molecule has 1 aromatic carbocycles. The van der Waals surface area contributed by atoms with Crippen LogP contribution in [0.5, 0.6) is 0 Å². The molecule has 4 N–H and O–H groups in total. The molecule has 0 saturated carbocycles. The van der Waals surface area contributed by atoms with Crippen LogP contribution in [0.3, 0.4) is 0 Å². The first kappa shape index (κ1) is 26.1. The highest BCUT2D eigenvalue weighted by atomic mass is 32.2. The lowest BCUT2D eigenvalue weighted by atomic mass is 9.80. The van der Waals surface area contributed by atoms with Crippen molar-refractivity contribution in [1.82, 2.24) is 9.62 Å². The number of amides is 1. The van der Waals surface area contributed by atoms with Gasteiger partial charge in [0.25, 0.3) is 5.91 Å². The van der Waals surface area contributed by atoms with Crippen molar-refractivity contribution in [3.05, 3.63) is 40.3 Å². The maximum atomic E-state index is 12.4. The fourth-order valence-electron chi connectivity index (χ4n) is 5.20. The zero-order valence-electron chi connectivity index (χ0n) is 21.0. The van der Waals surface area contributed by atoms with Gasteiger partial charge in [-0.25, -0.2) is 12.7 Å². The lowest BCUT2D eigenvalue weighted by Crippen LogP contribution is -2.40.